The smallest absolute Gasteiger partial charge is 0.267 e. The van der Waals surface area contributed by atoms with Gasteiger partial charge in [-0.05, 0) is 55.6 Å². The van der Waals surface area contributed by atoms with Crippen molar-refractivity contribution in [2.75, 3.05) is 0 Å². The molecular weight excluding hydrogens is 302 g/mol. The number of rotatable bonds is 1. The highest BCUT2D eigenvalue weighted by molar-refractivity contribution is 7.71. The molecule has 1 N–H and O–H groups in total. The van der Waals surface area contributed by atoms with Crippen LogP contribution in [-0.2, 0) is 12.8 Å². The summed E-state index contributed by atoms with van der Waals surface area (Å²) in [7, 11) is 0. The van der Waals surface area contributed by atoms with Gasteiger partial charge in [-0.25, -0.2) is 0 Å². The second-order valence-corrected chi connectivity index (χ2v) is 6.79. The average Bonchev–Trinajstić information content (AvgIpc) is 3.00. The van der Waals surface area contributed by atoms with E-state index in [0.717, 1.165) is 40.7 Å². The molecule has 0 aromatic carbocycles. The van der Waals surface area contributed by atoms with E-state index in [1.54, 1.807) is 28.3 Å². The zero-order chi connectivity index (χ0) is 14.6. The predicted octanol–water partition coefficient (Wildman–Crippen LogP) is 3.30. The van der Waals surface area contributed by atoms with Gasteiger partial charge in [0, 0.05) is 11.1 Å². The maximum absolute atomic E-state index is 13.0. The molecule has 3 aromatic heterocycles. The number of H-pyrrole nitrogens is 1. The first-order valence-corrected chi connectivity index (χ1v) is 8.10. The minimum absolute atomic E-state index is 0.0238. The lowest BCUT2D eigenvalue weighted by atomic mass is 10.2. The molecule has 0 unspecified atom stereocenters. The summed E-state index contributed by atoms with van der Waals surface area (Å²) in [6.07, 6.45) is 6.61. The normalized spacial score (nSPS) is 13.8. The minimum atomic E-state index is -0.0238. The van der Waals surface area contributed by atoms with Crippen LogP contribution in [0.5, 0.6) is 0 Å². The maximum atomic E-state index is 13.0. The predicted molar refractivity (Wildman–Crippen MR) is 87.2 cm³/mol. The van der Waals surface area contributed by atoms with E-state index >= 15 is 0 Å². The lowest BCUT2D eigenvalue weighted by Crippen LogP contribution is -2.21. The van der Waals surface area contributed by atoms with E-state index < -0.39 is 0 Å². The first-order valence-electron chi connectivity index (χ1n) is 6.87. The molecule has 0 amide bonds. The van der Waals surface area contributed by atoms with Crippen molar-refractivity contribution in [3.8, 4) is 5.69 Å². The summed E-state index contributed by atoms with van der Waals surface area (Å²) < 4.78 is 2.01. The van der Waals surface area contributed by atoms with Crippen LogP contribution in [0.25, 0.3) is 15.9 Å². The number of aromatic nitrogens is 3. The molecule has 0 radical (unpaired) electrons. The number of aromatic amines is 1. The van der Waals surface area contributed by atoms with E-state index in [2.05, 4.69) is 9.97 Å². The van der Waals surface area contributed by atoms with E-state index in [1.807, 2.05) is 13.0 Å². The van der Waals surface area contributed by atoms with Crippen LogP contribution in [-0.4, -0.2) is 14.5 Å². The Bertz CT molecular complexity index is 981. The second-order valence-electron chi connectivity index (χ2n) is 5.29. The van der Waals surface area contributed by atoms with Crippen LogP contribution in [0.1, 0.15) is 22.4 Å². The van der Waals surface area contributed by atoms with E-state index in [0.29, 0.717) is 4.77 Å². The van der Waals surface area contributed by atoms with Crippen molar-refractivity contribution < 1.29 is 0 Å². The Labute approximate surface area is 130 Å². The molecule has 0 fully saturated rings. The second kappa shape index (κ2) is 4.61. The Morgan fingerprint density at radius 2 is 2.29 bits per heavy atom. The third kappa shape index (κ3) is 1.82. The number of hydrogen-bond donors (Lipinski definition) is 1. The quantitative estimate of drug-likeness (QED) is 0.701. The van der Waals surface area contributed by atoms with Gasteiger partial charge in [-0.3, -0.25) is 14.3 Å². The van der Waals surface area contributed by atoms with Crippen molar-refractivity contribution in [3.63, 3.8) is 0 Å². The van der Waals surface area contributed by atoms with Crippen molar-refractivity contribution >= 4 is 33.8 Å². The monoisotopic (exact) mass is 315 g/mol. The van der Waals surface area contributed by atoms with E-state index in [-0.39, 0.29) is 5.56 Å². The highest BCUT2D eigenvalue weighted by atomic mass is 32.1. The van der Waals surface area contributed by atoms with Crippen molar-refractivity contribution in [2.24, 2.45) is 0 Å². The number of nitrogens with zero attached hydrogens (tertiary/aromatic N) is 2. The summed E-state index contributed by atoms with van der Waals surface area (Å²) in [5.74, 6) is 0. The van der Waals surface area contributed by atoms with Crippen LogP contribution in [0.2, 0.25) is 0 Å². The topological polar surface area (TPSA) is 50.7 Å². The molecule has 0 bridgehead atoms. The first-order chi connectivity index (χ1) is 10.2. The summed E-state index contributed by atoms with van der Waals surface area (Å²) in [6.45, 7) is 1.96. The lowest BCUT2D eigenvalue weighted by Gasteiger charge is -2.09. The molecule has 3 aromatic rings. The van der Waals surface area contributed by atoms with Gasteiger partial charge in [0.15, 0.2) is 4.77 Å². The molecule has 106 valence electrons. The molecule has 0 spiro atoms. The van der Waals surface area contributed by atoms with Gasteiger partial charge in [-0.2, -0.15) is 0 Å². The van der Waals surface area contributed by atoms with Crippen LogP contribution in [0.3, 0.4) is 0 Å². The van der Waals surface area contributed by atoms with Crippen molar-refractivity contribution in [2.45, 2.75) is 26.2 Å². The van der Waals surface area contributed by atoms with Crippen LogP contribution in [0, 0.1) is 11.7 Å². The fraction of sp³-hybridized carbons (Fsp3) is 0.267. The van der Waals surface area contributed by atoms with Gasteiger partial charge in [0.05, 0.1) is 17.3 Å². The number of aryl methyl sites for hydroxylation is 3. The van der Waals surface area contributed by atoms with Crippen LogP contribution >= 0.6 is 23.6 Å². The maximum Gasteiger partial charge on any atom is 0.267 e. The number of pyridine rings is 1. The van der Waals surface area contributed by atoms with Crippen LogP contribution in [0.15, 0.2) is 23.3 Å². The van der Waals surface area contributed by atoms with E-state index in [1.165, 1.54) is 10.4 Å². The average molecular weight is 315 g/mol. The first kappa shape index (κ1) is 12.9. The van der Waals surface area contributed by atoms with E-state index in [4.69, 9.17) is 12.2 Å². The zero-order valence-electron chi connectivity index (χ0n) is 11.5. The number of hydrogen-bond acceptors (Lipinski definition) is 4. The molecule has 1 aliphatic carbocycles. The van der Waals surface area contributed by atoms with Crippen molar-refractivity contribution in [1.29, 1.82) is 0 Å². The van der Waals surface area contributed by atoms with Crippen molar-refractivity contribution in [1.82, 2.24) is 14.5 Å². The summed E-state index contributed by atoms with van der Waals surface area (Å²) in [4.78, 5) is 22.6. The molecule has 4 nitrogen and oxygen atoms in total. The Morgan fingerprint density at radius 3 is 3.10 bits per heavy atom. The van der Waals surface area contributed by atoms with Gasteiger partial charge >= 0.3 is 0 Å². The van der Waals surface area contributed by atoms with Gasteiger partial charge in [0.25, 0.3) is 5.56 Å². The molecule has 21 heavy (non-hydrogen) atoms. The Balaban J connectivity index is 2.14. The SMILES string of the molecule is Cc1ccncc1-n1c(=S)[nH]c2sc3c(c2c1=O)CCC3. The fourth-order valence-electron chi connectivity index (χ4n) is 2.98. The highest BCUT2D eigenvalue weighted by Crippen LogP contribution is 2.34. The molecule has 0 saturated heterocycles. The minimum Gasteiger partial charge on any atom is -0.323 e. The molecule has 0 aliphatic heterocycles. The van der Waals surface area contributed by atoms with Gasteiger partial charge < -0.3 is 4.98 Å². The van der Waals surface area contributed by atoms with Gasteiger partial charge in [0.2, 0.25) is 0 Å². The van der Waals surface area contributed by atoms with Crippen molar-refractivity contribution in [3.05, 3.63) is 49.6 Å². The number of nitrogens with one attached hydrogen (secondary N) is 1. The summed E-state index contributed by atoms with van der Waals surface area (Å²) >= 11 is 7.07. The largest absolute Gasteiger partial charge is 0.323 e. The standard InChI is InChI=1S/C15H13N3OS2/c1-8-5-6-16-7-10(8)18-14(19)12-9-3-2-4-11(9)21-13(12)17-15(18)20/h5-7H,2-4H2,1H3,(H,17,20). The summed E-state index contributed by atoms with van der Waals surface area (Å²) in [5.41, 5.74) is 2.92. The van der Waals surface area contributed by atoms with Crippen LogP contribution in [0.4, 0.5) is 0 Å². The molecule has 0 atom stereocenters. The fourth-order valence-corrected chi connectivity index (χ4v) is 4.61. The Kier molecular flexibility index (Phi) is 2.83. The summed E-state index contributed by atoms with van der Waals surface area (Å²) in [5, 5.41) is 0.810. The van der Waals surface area contributed by atoms with Gasteiger partial charge in [-0.15, -0.1) is 11.3 Å². The lowest BCUT2D eigenvalue weighted by molar-refractivity contribution is 0.905. The molecule has 1 aliphatic rings. The number of fused-ring (bicyclic) bond motifs is 3. The van der Waals surface area contributed by atoms with Gasteiger partial charge in [0.1, 0.15) is 4.83 Å². The molecular formula is C15H13N3OS2. The molecule has 3 heterocycles. The highest BCUT2D eigenvalue weighted by Gasteiger charge is 2.22. The third-order valence-corrected chi connectivity index (χ3v) is 5.51. The van der Waals surface area contributed by atoms with Crippen LogP contribution < -0.4 is 5.56 Å². The molecule has 4 rings (SSSR count). The molecule has 0 saturated carbocycles. The van der Waals surface area contributed by atoms with E-state index in [9.17, 15) is 4.79 Å². The van der Waals surface area contributed by atoms with Gasteiger partial charge in [-0.1, -0.05) is 0 Å². The Hall–Kier alpha value is -1.79. The Morgan fingerprint density at radius 1 is 1.43 bits per heavy atom. The third-order valence-electron chi connectivity index (χ3n) is 4.01. The zero-order valence-corrected chi connectivity index (χ0v) is 13.1. The molecule has 6 heteroatoms. The summed E-state index contributed by atoms with van der Waals surface area (Å²) in [6, 6.07) is 1.89. The number of thiophene rings is 1.